The molecule has 3 heterocycles. The molecule has 1 saturated heterocycles. The molecule has 7 heteroatoms. The molecule has 1 aromatic heterocycles. The maximum absolute atomic E-state index is 13.5. The summed E-state index contributed by atoms with van der Waals surface area (Å²) in [5.41, 5.74) is 2.44. The molecule has 1 fully saturated rings. The summed E-state index contributed by atoms with van der Waals surface area (Å²) in [6.07, 6.45) is 6.70. The van der Waals surface area contributed by atoms with E-state index in [1.54, 1.807) is 4.90 Å². The lowest BCUT2D eigenvalue weighted by Crippen LogP contribution is -2.43. The molecule has 2 aliphatic heterocycles. The van der Waals surface area contributed by atoms with Crippen molar-refractivity contribution < 1.29 is 9.59 Å². The highest BCUT2D eigenvalue weighted by atomic mass is 16.2. The van der Waals surface area contributed by atoms with Crippen LogP contribution in [-0.2, 0) is 22.6 Å². The van der Waals surface area contributed by atoms with E-state index in [9.17, 15) is 9.59 Å². The van der Waals surface area contributed by atoms with Gasteiger partial charge in [-0.05, 0) is 43.4 Å². The van der Waals surface area contributed by atoms with Crippen LogP contribution in [0.4, 0.5) is 5.69 Å². The van der Waals surface area contributed by atoms with Gasteiger partial charge in [-0.25, -0.2) is 0 Å². The van der Waals surface area contributed by atoms with Gasteiger partial charge in [0.1, 0.15) is 11.9 Å². The number of aromatic nitrogens is 3. The number of likely N-dealkylation sites (tertiary alicyclic amines) is 1. The van der Waals surface area contributed by atoms with Crippen molar-refractivity contribution in [3.05, 3.63) is 66.0 Å². The summed E-state index contributed by atoms with van der Waals surface area (Å²) in [7, 11) is 0. The predicted octanol–water partition coefficient (Wildman–Crippen LogP) is 4.36. The van der Waals surface area contributed by atoms with Gasteiger partial charge in [0.25, 0.3) is 5.91 Å². The van der Waals surface area contributed by atoms with Crippen LogP contribution in [0.25, 0.3) is 11.4 Å². The van der Waals surface area contributed by atoms with E-state index in [0.29, 0.717) is 18.7 Å². The van der Waals surface area contributed by atoms with Gasteiger partial charge in [0, 0.05) is 37.2 Å². The lowest BCUT2D eigenvalue weighted by atomic mass is 10.0. The number of rotatable bonds is 5. The van der Waals surface area contributed by atoms with Crippen LogP contribution in [0, 0.1) is 0 Å². The van der Waals surface area contributed by atoms with Crippen molar-refractivity contribution in [3.63, 3.8) is 0 Å². The van der Waals surface area contributed by atoms with Gasteiger partial charge in [0.2, 0.25) is 5.91 Å². The Labute approximate surface area is 193 Å². The number of nitrogens with one attached hydrogen (secondary N) is 1. The zero-order valence-corrected chi connectivity index (χ0v) is 18.7. The summed E-state index contributed by atoms with van der Waals surface area (Å²) >= 11 is 0. The number of carbonyl (C=O) groups excluding carboxylic acids is 2. The number of carbonyl (C=O) groups is 2. The number of anilines is 1. The maximum atomic E-state index is 13.5. The number of piperidine rings is 1. The third-order valence-electron chi connectivity index (χ3n) is 6.53. The minimum absolute atomic E-state index is 0.0326. The topological polar surface area (TPSA) is 80.1 Å². The Hall–Kier alpha value is -3.48. The van der Waals surface area contributed by atoms with Crippen LogP contribution in [-0.4, -0.2) is 38.0 Å². The lowest BCUT2D eigenvalue weighted by molar-refractivity contribution is -0.141. The van der Waals surface area contributed by atoms with E-state index in [4.69, 9.17) is 0 Å². The first-order chi connectivity index (χ1) is 16.2. The molecule has 33 heavy (non-hydrogen) atoms. The highest BCUT2D eigenvalue weighted by molar-refractivity contribution is 5.98. The van der Waals surface area contributed by atoms with Gasteiger partial charge in [0.05, 0.1) is 0 Å². The monoisotopic (exact) mass is 443 g/mol. The van der Waals surface area contributed by atoms with E-state index in [0.717, 1.165) is 61.4 Å². The van der Waals surface area contributed by atoms with E-state index in [1.165, 1.54) is 6.42 Å². The van der Waals surface area contributed by atoms with E-state index < -0.39 is 6.04 Å². The normalized spacial score (nSPS) is 17.2. The van der Waals surface area contributed by atoms with Crippen molar-refractivity contribution in [3.8, 4) is 11.4 Å². The predicted molar refractivity (Wildman–Crippen MR) is 126 cm³/mol. The summed E-state index contributed by atoms with van der Waals surface area (Å²) in [4.78, 5) is 27.9. The Morgan fingerprint density at radius 1 is 0.879 bits per heavy atom. The zero-order chi connectivity index (χ0) is 22.6. The standard InChI is InChI=1S/C26H29N5O2/c32-23-15-6-8-17-31(23)24(19-10-3-1-4-11-19)26(33)27-21-13-9-12-20(18-21)25-29-28-22-14-5-2-7-16-30(22)25/h1,3-4,9-13,18,24H,2,5-8,14-17H2,(H,27,33). The SMILES string of the molecule is O=C(Nc1cccc(-c2nnc3n2CCCCC3)c1)C(c1ccccc1)N1CCCCC1=O. The Morgan fingerprint density at radius 2 is 1.70 bits per heavy atom. The van der Waals surface area contributed by atoms with Gasteiger partial charge >= 0.3 is 0 Å². The minimum Gasteiger partial charge on any atom is -0.327 e. The van der Waals surface area contributed by atoms with Crippen molar-refractivity contribution in [2.24, 2.45) is 0 Å². The van der Waals surface area contributed by atoms with Gasteiger partial charge in [-0.2, -0.15) is 0 Å². The molecule has 1 N–H and O–H groups in total. The first kappa shape index (κ1) is 21.4. The molecule has 3 aromatic rings. The molecule has 170 valence electrons. The average molecular weight is 444 g/mol. The van der Waals surface area contributed by atoms with Crippen LogP contribution >= 0.6 is 0 Å². The third kappa shape index (κ3) is 4.53. The minimum atomic E-state index is -0.646. The molecule has 1 atom stereocenters. The van der Waals surface area contributed by atoms with Gasteiger partial charge in [-0.15, -0.1) is 10.2 Å². The number of fused-ring (bicyclic) bond motifs is 1. The number of aryl methyl sites for hydroxylation is 1. The molecule has 5 rings (SSSR count). The molecular weight excluding hydrogens is 414 g/mol. The maximum Gasteiger partial charge on any atom is 0.251 e. The number of nitrogens with zero attached hydrogens (tertiary/aromatic N) is 4. The second kappa shape index (κ2) is 9.57. The molecule has 2 aromatic carbocycles. The van der Waals surface area contributed by atoms with Crippen molar-refractivity contribution >= 4 is 17.5 Å². The van der Waals surface area contributed by atoms with Gasteiger partial charge < -0.3 is 14.8 Å². The van der Waals surface area contributed by atoms with Crippen LogP contribution in [0.5, 0.6) is 0 Å². The second-order valence-electron chi connectivity index (χ2n) is 8.83. The van der Waals surface area contributed by atoms with Crippen LogP contribution in [0.1, 0.15) is 56.0 Å². The molecular formula is C26H29N5O2. The number of hydrogen-bond donors (Lipinski definition) is 1. The molecule has 2 aliphatic rings. The van der Waals surface area contributed by atoms with Crippen molar-refractivity contribution in [2.45, 2.75) is 57.5 Å². The van der Waals surface area contributed by atoms with E-state index >= 15 is 0 Å². The fourth-order valence-electron chi connectivity index (χ4n) is 4.85. The van der Waals surface area contributed by atoms with E-state index in [2.05, 4.69) is 20.1 Å². The molecule has 0 aliphatic carbocycles. The largest absolute Gasteiger partial charge is 0.327 e. The number of benzene rings is 2. The van der Waals surface area contributed by atoms with Crippen molar-refractivity contribution in [2.75, 3.05) is 11.9 Å². The Kier molecular flexibility index (Phi) is 6.19. The Balaban J connectivity index is 1.42. The average Bonchev–Trinajstić information content (AvgIpc) is 3.09. The molecule has 0 spiro atoms. The van der Waals surface area contributed by atoms with Gasteiger partial charge in [-0.3, -0.25) is 9.59 Å². The molecule has 0 radical (unpaired) electrons. The second-order valence-corrected chi connectivity index (χ2v) is 8.83. The van der Waals surface area contributed by atoms with Gasteiger partial charge in [-0.1, -0.05) is 48.9 Å². The summed E-state index contributed by atoms with van der Waals surface area (Å²) in [6, 6.07) is 16.6. The molecule has 1 unspecified atom stereocenters. The first-order valence-electron chi connectivity index (χ1n) is 11.9. The number of hydrogen-bond acceptors (Lipinski definition) is 4. The summed E-state index contributed by atoms with van der Waals surface area (Å²) < 4.78 is 2.20. The van der Waals surface area contributed by atoms with E-state index in [-0.39, 0.29) is 11.8 Å². The highest BCUT2D eigenvalue weighted by Gasteiger charge is 2.32. The third-order valence-corrected chi connectivity index (χ3v) is 6.53. The number of amides is 2. The summed E-state index contributed by atoms with van der Waals surface area (Å²) in [6.45, 7) is 1.51. The smallest absolute Gasteiger partial charge is 0.251 e. The summed E-state index contributed by atoms with van der Waals surface area (Å²) in [5.74, 6) is 1.71. The summed E-state index contributed by atoms with van der Waals surface area (Å²) in [5, 5.41) is 11.9. The van der Waals surface area contributed by atoms with Crippen LogP contribution in [0.3, 0.4) is 0 Å². The Morgan fingerprint density at radius 3 is 2.55 bits per heavy atom. The lowest BCUT2D eigenvalue weighted by Gasteiger charge is -2.34. The van der Waals surface area contributed by atoms with Crippen molar-refractivity contribution in [1.29, 1.82) is 0 Å². The fraction of sp³-hybridized carbons (Fsp3) is 0.385. The first-order valence-corrected chi connectivity index (χ1v) is 11.9. The van der Waals surface area contributed by atoms with Crippen LogP contribution in [0.15, 0.2) is 54.6 Å². The van der Waals surface area contributed by atoms with Crippen LogP contribution < -0.4 is 5.32 Å². The molecule has 7 nitrogen and oxygen atoms in total. The van der Waals surface area contributed by atoms with E-state index in [1.807, 2.05) is 54.6 Å². The molecule has 2 amide bonds. The Bertz CT molecular complexity index is 1140. The van der Waals surface area contributed by atoms with Gasteiger partial charge in [0.15, 0.2) is 5.82 Å². The molecule has 0 bridgehead atoms. The quantitative estimate of drug-likeness (QED) is 0.635. The molecule has 0 saturated carbocycles. The van der Waals surface area contributed by atoms with Crippen LogP contribution in [0.2, 0.25) is 0 Å². The fourth-order valence-corrected chi connectivity index (χ4v) is 4.85. The highest BCUT2D eigenvalue weighted by Crippen LogP contribution is 2.29. The zero-order valence-electron chi connectivity index (χ0n) is 18.7. The van der Waals surface area contributed by atoms with Crippen molar-refractivity contribution in [1.82, 2.24) is 19.7 Å².